The second kappa shape index (κ2) is 7.32. The lowest BCUT2D eigenvalue weighted by molar-refractivity contribution is 0.0698. The van der Waals surface area contributed by atoms with Crippen molar-refractivity contribution in [1.29, 1.82) is 0 Å². The second-order valence-corrected chi connectivity index (χ2v) is 8.78. The molecule has 0 unspecified atom stereocenters. The number of amides is 1. The highest BCUT2D eigenvalue weighted by atomic mass is 32.2. The van der Waals surface area contributed by atoms with Crippen LogP contribution in [0.25, 0.3) is 0 Å². The van der Waals surface area contributed by atoms with Gasteiger partial charge in [0.1, 0.15) is 4.90 Å². The van der Waals surface area contributed by atoms with E-state index in [4.69, 9.17) is 0 Å². The van der Waals surface area contributed by atoms with Crippen molar-refractivity contribution >= 4 is 21.6 Å². The minimum absolute atomic E-state index is 0.0759. The summed E-state index contributed by atoms with van der Waals surface area (Å²) in [6.45, 7) is 4.65. The van der Waals surface area contributed by atoms with Crippen LogP contribution in [-0.4, -0.2) is 74.0 Å². The maximum absolute atomic E-state index is 12.9. The van der Waals surface area contributed by atoms with Crippen molar-refractivity contribution in [2.45, 2.75) is 18.7 Å². The van der Waals surface area contributed by atoms with E-state index in [1.807, 2.05) is 31.1 Å². The summed E-state index contributed by atoms with van der Waals surface area (Å²) in [5, 5.41) is 6.70. The molecule has 1 aliphatic heterocycles. The van der Waals surface area contributed by atoms with Crippen molar-refractivity contribution < 1.29 is 13.2 Å². The molecule has 9 heteroatoms. The molecule has 146 valence electrons. The van der Waals surface area contributed by atoms with Gasteiger partial charge in [-0.15, -0.1) is 0 Å². The highest BCUT2D eigenvalue weighted by Gasteiger charge is 2.33. The first-order valence-electron chi connectivity index (χ1n) is 8.80. The normalized spacial score (nSPS) is 15.8. The molecule has 0 spiro atoms. The van der Waals surface area contributed by atoms with Crippen molar-refractivity contribution in [3.63, 3.8) is 0 Å². The number of rotatable bonds is 4. The molecule has 1 N–H and O–H groups in total. The molecule has 0 aliphatic carbocycles. The molecule has 1 saturated heterocycles. The maximum atomic E-state index is 12.9. The van der Waals surface area contributed by atoms with Gasteiger partial charge in [0.2, 0.25) is 10.0 Å². The number of anilines is 1. The molecule has 0 saturated carbocycles. The van der Waals surface area contributed by atoms with Crippen molar-refractivity contribution in [1.82, 2.24) is 19.4 Å². The van der Waals surface area contributed by atoms with Gasteiger partial charge in [0.15, 0.2) is 0 Å². The van der Waals surface area contributed by atoms with Crippen LogP contribution < -0.4 is 4.90 Å². The summed E-state index contributed by atoms with van der Waals surface area (Å²) in [7, 11) is 0.276. The van der Waals surface area contributed by atoms with Crippen molar-refractivity contribution in [2.24, 2.45) is 0 Å². The summed E-state index contributed by atoms with van der Waals surface area (Å²) in [5.41, 5.74) is 2.63. The van der Waals surface area contributed by atoms with Crippen LogP contribution in [0.3, 0.4) is 0 Å². The molecule has 1 aromatic heterocycles. The third-order valence-electron chi connectivity index (χ3n) is 4.81. The molecule has 1 aromatic carbocycles. The molecule has 2 heterocycles. The van der Waals surface area contributed by atoms with E-state index in [0.29, 0.717) is 30.0 Å². The Morgan fingerprint density at radius 3 is 2.15 bits per heavy atom. The SMILES string of the molecule is Cc1n[nH]c(C)c1S(=O)(=O)N1CCN(C(=O)c2ccc(N(C)C)cc2)CC1. The van der Waals surface area contributed by atoms with Crippen LogP contribution in [0.5, 0.6) is 0 Å². The van der Waals surface area contributed by atoms with Crippen molar-refractivity contribution in [3.8, 4) is 0 Å². The molecule has 2 aromatic rings. The molecule has 0 atom stereocenters. The third-order valence-corrected chi connectivity index (χ3v) is 6.98. The number of aromatic nitrogens is 2. The summed E-state index contributed by atoms with van der Waals surface area (Å²) in [6, 6.07) is 7.41. The Kier molecular flexibility index (Phi) is 5.25. The van der Waals surface area contributed by atoms with Crippen LogP contribution >= 0.6 is 0 Å². The van der Waals surface area contributed by atoms with Crippen molar-refractivity contribution in [3.05, 3.63) is 41.2 Å². The number of nitrogens with one attached hydrogen (secondary N) is 1. The van der Waals surface area contributed by atoms with Gasteiger partial charge in [-0.05, 0) is 38.1 Å². The minimum atomic E-state index is -3.61. The molecular weight excluding hydrogens is 366 g/mol. The van der Waals surface area contributed by atoms with E-state index < -0.39 is 10.0 Å². The average Bonchev–Trinajstić information content (AvgIpc) is 3.00. The van der Waals surface area contributed by atoms with Gasteiger partial charge < -0.3 is 9.80 Å². The summed E-state index contributed by atoms with van der Waals surface area (Å²) in [5.74, 6) is -0.0759. The van der Waals surface area contributed by atoms with Gasteiger partial charge in [-0.2, -0.15) is 9.40 Å². The topological polar surface area (TPSA) is 89.6 Å². The first-order valence-corrected chi connectivity index (χ1v) is 10.2. The number of piperazine rings is 1. The van der Waals surface area contributed by atoms with E-state index in [9.17, 15) is 13.2 Å². The predicted octanol–water partition coefficient (Wildman–Crippen LogP) is 1.24. The van der Waals surface area contributed by atoms with Crippen LogP contribution in [0.15, 0.2) is 29.2 Å². The summed E-state index contributed by atoms with van der Waals surface area (Å²) in [4.78, 5) is 16.6. The number of carbonyl (C=O) groups excluding carboxylic acids is 1. The van der Waals surface area contributed by atoms with Crippen LogP contribution in [0.1, 0.15) is 21.7 Å². The van der Waals surface area contributed by atoms with E-state index in [1.165, 1.54) is 4.31 Å². The number of hydrogen-bond acceptors (Lipinski definition) is 5. The zero-order chi connectivity index (χ0) is 19.8. The Labute approximate surface area is 159 Å². The van der Waals surface area contributed by atoms with E-state index in [-0.39, 0.29) is 23.9 Å². The fourth-order valence-corrected chi connectivity index (χ4v) is 5.02. The second-order valence-electron chi connectivity index (χ2n) is 6.90. The molecule has 1 aliphatic rings. The predicted molar refractivity (Wildman–Crippen MR) is 103 cm³/mol. The number of sulfonamides is 1. The van der Waals surface area contributed by atoms with Gasteiger partial charge in [-0.3, -0.25) is 9.89 Å². The molecular formula is C18H25N5O3S. The molecule has 1 fully saturated rings. The Morgan fingerprint density at radius 2 is 1.67 bits per heavy atom. The summed E-state index contributed by atoms with van der Waals surface area (Å²) < 4.78 is 27.2. The Balaban J connectivity index is 1.69. The lowest BCUT2D eigenvalue weighted by Crippen LogP contribution is -2.50. The summed E-state index contributed by atoms with van der Waals surface area (Å²) in [6.07, 6.45) is 0. The molecule has 0 bridgehead atoms. The average molecular weight is 391 g/mol. The molecule has 0 radical (unpaired) electrons. The van der Waals surface area contributed by atoms with E-state index >= 15 is 0 Å². The number of H-pyrrole nitrogens is 1. The van der Waals surface area contributed by atoms with Crippen LogP contribution in [0.2, 0.25) is 0 Å². The molecule has 27 heavy (non-hydrogen) atoms. The number of benzene rings is 1. The number of hydrogen-bond donors (Lipinski definition) is 1. The molecule has 1 amide bonds. The number of aryl methyl sites for hydroxylation is 2. The lowest BCUT2D eigenvalue weighted by atomic mass is 10.1. The van der Waals surface area contributed by atoms with Crippen LogP contribution in [-0.2, 0) is 10.0 Å². The minimum Gasteiger partial charge on any atom is -0.378 e. The quantitative estimate of drug-likeness (QED) is 0.847. The fourth-order valence-electron chi connectivity index (χ4n) is 3.27. The third kappa shape index (κ3) is 3.70. The van der Waals surface area contributed by atoms with E-state index in [1.54, 1.807) is 30.9 Å². The lowest BCUT2D eigenvalue weighted by Gasteiger charge is -2.34. The Bertz CT molecular complexity index is 907. The first-order chi connectivity index (χ1) is 12.7. The Hall–Kier alpha value is -2.39. The maximum Gasteiger partial charge on any atom is 0.253 e. The smallest absolute Gasteiger partial charge is 0.253 e. The largest absolute Gasteiger partial charge is 0.378 e. The fraction of sp³-hybridized carbons (Fsp3) is 0.444. The van der Waals surface area contributed by atoms with Gasteiger partial charge in [0.25, 0.3) is 5.91 Å². The van der Waals surface area contributed by atoms with Crippen LogP contribution in [0.4, 0.5) is 5.69 Å². The van der Waals surface area contributed by atoms with Gasteiger partial charge in [0.05, 0.1) is 11.4 Å². The van der Waals surface area contributed by atoms with E-state index in [2.05, 4.69) is 10.2 Å². The van der Waals surface area contributed by atoms with E-state index in [0.717, 1.165) is 5.69 Å². The molecule has 8 nitrogen and oxygen atoms in total. The zero-order valence-corrected chi connectivity index (χ0v) is 16.9. The van der Waals surface area contributed by atoms with Crippen molar-refractivity contribution in [2.75, 3.05) is 45.2 Å². The van der Waals surface area contributed by atoms with Gasteiger partial charge in [-0.25, -0.2) is 8.42 Å². The highest BCUT2D eigenvalue weighted by Crippen LogP contribution is 2.23. The number of aromatic amines is 1. The summed E-state index contributed by atoms with van der Waals surface area (Å²) >= 11 is 0. The Morgan fingerprint density at radius 1 is 1.07 bits per heavy atom. The highest BCUT2D eigenvalue weighted by molar-refractivity contribution is 7.89. The standard InChI is InChI=1S/C18H25N5O3S/c1-13-17(14(2)20-19-13)27(25,26)23-11-9-22(10-12-23)18(24)15-5-7-16(8-6-15)21(3)4/h5-8H,9-12H2,1-4H3,(H,19,20). The first kappa shape index (κ1) is 19.4. The van der Waals surface area contributed by atoms with Crippen LogP contribution in [0, 0.1) is 13.8 Å². The number of nitrogens with zero attached hydrogens (tertiary/aromatic N) is 4. The molecule has 3 rings (SSSR count). The monoisotopic (exact) mass is 391 g/mol. The van der Waals surface area contributed by atoms with Gasteiger partial charge in [0, 0.05) is 51.5 Å². The van der Waals surface area contributed by atoms with Gasteiger partial charge in [-0.1, -0.05) is 0 Å². The zero-order valence-electron chi connectivity index (χ0n) is 16.1. The number of carbonyl (C=O) groups is 1. The van der Waals surface area contributed by atoms with Gasteiger partial charge >= 0.3 is 0 Å².